The molecule has 0 aliphatic rings. The summed E-state index contributed by atoms with van der Waals surface area (Å²) >= 11 is 6.55. The van der Waals surface area contributed by atoms with E-state index in [1.807, 2.05) is 43.7 Å². The van der Waals surface area contributed by atoms with Crippen LogP contribution in [0.2, 0.25) is 5.02 Å². The van der Waals surface area contributed by atoms with Gasteiger partial charge in [-0.15, -0.1) is 0 Å². The van der Waals surface area contributed by atoms with E-state index in [-0.39, 0.29) is 24.2 Å². The van der Waals surface area contributed by atoms with Gasteiger partial charge in [-0.2, -0.15) is 0 Å². The van der Waals surface area contributed by atoms with E-state index < -0.39 is 5.97 Å². The third-order valence-electron chi connectivity index (χ3n) is 5.71. The molecule has 0 fully saturated rings. The molecule has 2 aromatic heterocycles. The van der Waals surface area contributed by atoms with Gasteiger partial charge in [-0.3, -0.25) is 0 Å². The molecule has 0 aliphatic carbocycles. The first-order chi connectivity index (χ1) is 17.7. The van der Waals surface area contributed by atoms with E-state index in [9.17, 15) is 9.90 Å². The minimum atomic E-state index is -0.979. The molecule has 0 amide bonds. The number of aliphatic hydroxyl groups excluding tert-OH is 1. The molecule has 9 nitrogen and oxygen atoms in total. The molecule has 0 aliphatic heterocycles. The Hall–Kier alpha value is -3.66. The Bertz CT molecular complexity index is 1410. The SMILES string of the molecule is CC(C)(C)c1cc(Oc2ccc(Nc3ncnc4ccn(CCOCCO)c34)cc2Cl)ccc1C(=O)O. The number of aromatic nitrogens is 3. The molecule has 0 bridgehead atoms. The van der Waals surface area contributed by atoms with Gasteiger partial charge in [-0.05, 0) is 53.4 Å². The number of benzene rings is 2. The lowest BCUT2D eigenvalue weighted by Crippen LogP contribution is -2.16. The molecule has 0 atom stereocenters. The quantitative estimate of drug-likeness (QED) is 0.228. The number of aliphatic hydroxyl groups is 1. The number of nitrogens with one attached hydrogen (secondary N) is 1. The molecule has 2 aromatic carbocycles. The zero-order valence-corrected chi connectivity index (χ0v) is 21.6. The summed E-state index contributed by atoms with van der Waals surface area (Å²) in [6, 6.07) is 12.1. The smallest absolute Gasteiger partial charge is 0.335 e. The predicted molar refractivity (Wildman–Crippen MR) is 142 cm³/mol. The van der Waals surface area contributed by atoms with Crippen molar-refractivity contribution in [1.82, 2.24) is 14.5 Å². The highest BCUT2D eigenvalue weighted by Crippen LogP contribution is 2.36. The second-order valence-electron chi connectivity index (χ2n) is 9.44. The largest absolute Gasteiger partial charge is 0.478 e. The second-order valence-corrected chi connectivity index (χ2v) is 9.84. The Morgan fingerprint density at radius 2 is 1.92 bits per heavy atom. The van der Waals surface area contributed by atoms with Gasteiger partial charge in [-0.25, -0.2) is 14.8 Å². The third-order valence-corrected chi connectivity index (χ3v) is 6.01. The molecular weight excluding hydrogens is 496 g/mol. The van der Waals surface area contributed by atoms with Crippen LogP contribution in [0.15, 0.2) is 55.0 Å². The average molecular weight is 525 g/mol. The predicted octanol–water partition coefficient (Wildman–Crippen LogP) is 5.63. The van der Waals surface area contributed by atoms with Crippen LogP contribution in [0.25, 0.3) is 11.0 Å². The average Bonchev–Trinajstić information content (AvgIpc) is 3.27. The van der Waals surface area contributed by atoms with Gasteiger partial charge in [0.05, 0.1) is 35.9 Å². The molecule has 4 aromatic rings. The Labute approximate surface area is 219 Å². The van der Waals surface area contributed by atoms with Crippen LogP contribution in [0.4, 0.5) is 11.5 Å². The van der Waals surface area contributed by atoms with Crippen LogP contribution in [0, 0.1) is 0 Å². The van der Waals surface area contributed by atoms with E-state index in [1.165, 1.54) is 6.33 Å². The van der Waals surface area contributed by atoms with Crippen molar-refractivity contribution >= 4 is 40.1 Å². The Morgan fingerprint density at radius 1 is 1.11 bits per heavy atom. The zero-order chi connectivity index (χ0) is 26.6. The fourth-order valence-electron chi connectivity index (χ4n) is 3.96. The lowest BCUT2D eigenvalue weighted by molar-refractivity contribution is 0.0694. The minimum Gasteiger partial charge on any atom is -0.478 e. The number of carboxylic acid groups (broad SMARTS) is 1. The number of fused-ring (bicyclic) bond motifs is 1. The second kappa shape index (κ2) is 11.2. The van der Waals surface area contributed by atoms with Gasteiger partial charge in [0.25, 0.3) is 0 Å². The van der Waals surface area contributed by atoms with E-state index >= 15 is 0 Å². The van der Waals surface area contributed by atoms with Crippen molar-refractivity contribution in [3.63, 3.8) is 0 Å². The summed E-state index contributed by atoms with van der Waals surface area (Å²) in [5, 5.41) is 22.1. The van der Waals surface area contributed by atoms with Crippen molar-refractivity contribution in [2.75, 3.05) is 25.1 Å². The molecule has 194 valence electrons. The van der Waals surface area contributed by atoms with Crippen LogP contribution in [-0.2, 0) is 16.7 Å². The molecule has 37 heavy (non-hydrogen) atoms. The molecule has 0 spiro atoms. The third kappa shape index (κ3) is 6.19. The van der Waals surface area contributed by atoms with Crippen LogP contribution in [-0.4, -0.2) is 50.5 Å². The number of carbonyl (C=O) groups is 1. The number of carboxylic acids is 1. The lowest BCUT2D eigenvalue weighted by Gasteiger charge is -2.22. The van der Waals surface area contributed by atoms with Crippen LogP contribution in [0.3, 0.4) is 0 Å². The summed E-state index contributed by atoms with van der Waals surface area (Å²) in [5.74, 6) is 0.567. The summed E-state index contributed by atoms with van der Waals surface area (Å²) in [4.78, 5) is 20.4. The Kier molecular flexibility index (Phi) is 7.97. The maximum absolute atomic E-state index is 11.6. The number of aromatic carboxylic acids is 1. The number of halogens is 1. The summed E-state index contributed by atoms with van der Waals surface area (Å²) in [6.07, 6.45) is 3.40. The number of rotatable bonds is 10. The van der Waals surface area contributed by atoms with Gasteiger partial charge in [0.1, 0.15) is 23.3 Å². The van der Waals surface area contributed by atoms with Crippen LogP contribution in [0.5, 0.6) is 11.5 Å². The highest BCUT2D eigenvalue weighted by Gasteiger charge is 2.22. The fourth-order valence-corrected chi connectivity index (χ4v) is 4.18. The standard InChI is InChI=1S/C27H29ClN4O5/c1-27(2,3)20-15-18(5-6-19(20)26(34)35)37-23-7-4-17(14-21(23)28)31-25-24-22(29-16-30-25)8-9-32(24)10-12-36-13-11-33/h4-9,14-16,33H,10-13H2,1-3H3,(H,34,35)(H,29,30,31). The van der Waals surface area contributed by atoms with Crippen molar-refractivity contribution < 1.29 is 24.5 Å². The molecule has 4 rings (SSSR count). The van der Waals surface area contributed by atoms with Gasteiger partial charge in [0.2, 0.25) is 0 Å². The number of hydrogen-bond donors (Lipinski definition) is 3. The normalized spacial score (nSPS) is 11.6. The molecule has 0 saturated carbocycles. The maximum atomic E-state index is 11.6. The van der Waals surface area contributed by atoms with Crippen molar-refractivity contribution in [1.29, 1.82) is 0 Å². The van der Waals surface area contributed by atoms with Gasteiger partial charge in [-0.1, -0.05) is 32.4 Å². The van der Waals surface area contributed by atoms with Crippen LogP contribution < -0.4 is 10.1 Å². The number of anilines is 2. The first-order valence-electron chi connectivity index (χ1n) is 11.8. The van der Waals surface area contributed by atoms with Crippen molar-refractivity contribution in [3.8, 4) is 11.5 Å². The Balaban J connectivity index is 1.55. The summed E-state index contributed by atoms with van der Waals surface area (Å²) in [7, 11) is 0. The zero-order valence-electron chi connectivity index (χ0n) is 20.9. The van der Waals surface area contributed by atoms with Gasteiger partial charge in [0, 0.05) is 18.4 Å². The topological polar surface area (TPSA) is 119 Å². The molecule has 0 radical (unpaired) electrons. The van der Waals surface area contributed by atoms with Gasteiger partial charge >= 0.3 is 5.97 Å². The minimum absolute atomic E-state index is 0.0196. The monoisotopic (exact) mass is 524 g/mol. The molecule has 2 heterocycles. The lowest BCUT2D eigenvalue weighted by atomic mass is 9.83. The highest BCUT2D eigenvalue weighted by atomic mass is 35.5. The summed E-state index contributed by atoms with van der Waals surface area (Å²) in [6.45, 7) is 7.15. The van der Waals surface area contributed by atoms with E-state index in [4.69, 9.17) is 26.2 Å². The van der Waals surface area contributed by atoms with Crippen molar-refractivity contribution in [2.45, 2.75) is 32.7 Å². The summed E-state index contributed by atoms with van der Waals surface area (Å²) in [5.41, 5.74) is 2.84. The van der Waals surface area contributed by atoms with Crippen molar-refractivity contribution in [3.05, 3.63) is 71.1 Å². The van der Waals surface area contributed by atoms with Crippen LogP contribution >= 0.6 is 11.6 Å². The first kappa shape index (κ1) is 26.4. The van der Waals surface area contributed by atoms with Crippen molar-refractivity contribution in [2.24, 2.45) is 0 Å². The number of ether oxygens (including phenoxy) is 2. The molecule has 3 N–H and O–H groups in total. The molecule has 10 heteroatoms. The van der Waals surface area contributed by atoms with Gasteiger partial charge in [0.15, 0.2) is 5.82 Å². The van der Waals surface area contributed by atoms with Gasteiger partial charge < -0.3 is 29.6 Å². The number of nitrogens with zero attached hydrogens (tertiary/aromatic N) is 3. The van der Waals surface area contributed by atoms with E-state index in [2.05, 4.69) is 15.3 Å². The van der Waals surface area contributed by atoms with E-state index in [0.717, 1.165) is 11.0 Å². The Morgan fingerprint density at radius 3 is 2.62 bits per heavy atom. The van der Waals surface area contributed by atoms with Crippen LogP contribution in [0.1, 0.15) is 36.7 Å². The van der Waals surface area contributed by atoms with E-state index in [1.54, 1.807) is 30.3 Å². The molecular formula is C27H29ClN4O5. The highest BCUT2D eigenvalue weighted by molar-refractivity contribution is 6.32. The number of hydrogen-bond acceptors (Lipinski definition) is 7. The summed E-state index contributed by atoms with van der Waals surface area (Å²) < 4.78 is 13.4. The maximum Gasteiger partial charge on any atom is 0.335 e. The first-order valence-corrected chi connectivity index (χ1v) is 12.2. The molecule has 0 saturated heterocycles. The van der Waals surface area contributed by atoms with E-state index in [0.29, 0.717) is 46.7 Å². The molecule has 0 unspecified atom stereocenters. The fraction of sp³-hybridized carbons (Fsp3) is 0.296.